The Kier molecular flexibility index (Phi) is 8.23. The number of aromatic nitrogens is 2. The summed E-state index contributed by atoms with van der Waals surface area (Å²) in [4.78, 5) is 22.7. The highest BCUT2D eigenvalue weighted by atomic mass is 35.5. The van der Waals surface area contributed by atoms with Gasteiger partial charge in [-0.15, -0.1) is 10.2 Å². The van der Waals surface area contributed by atoms with E-state index in [2.05, 4.69) is 20.3 Å². The Hall–Kier alpha value is -2.26. The second kappa shape index (κ2) is 10.7. The molecule has 0 saturated heterocycles. The van der Waals surface area contributed by atoms with E-state index in [1.807, 2.05) is 0 Å². The molecule has 10 heteroatoms. The number of hydrogen-bond donors (Lipinski definition) is 1. The number of rotatable bonds is 10. The standard InChI is InChI=1S/C16H18ClN3O5S/c1-23-15(22)7-4-8-18-13(21)10-26-16-20-19-14(25-16)9-24-12-6-3-2-5-11(12)17/h2-3,5-6H,4,7-10H2,1H3,(H,18,21). The quantitative estimate of drug-likeness (QED) is 0.369. The van der Waals surface area contributed by atoms with Gasteiger partial charge in [0, 0.05) is 13.0 Å². The summed E-state index contributed by atoms with van der Waals surface area (Å²) in [5.74, 6) is 0.447. The molecule has 1 aromatic carbocycles. The number of methoxy groups -OCH3 is 1. The Morgan fingerprint density at radius 1 is 1.31 bits per heavy atom. The summed E-state index contributed by atoms with van der Waals surface area (Å²) in [5.41, 5.74) is 0. The summed E-state index contributed by atoms with van der Waals surface area (Å²) in [6.07, 6.45) is 0.787. The summed E-state index contributed by atoms with van der Waals surface area (Å²) in [6.45, 7) is 0.478. The minimum absolute atomic E-state index is 0.0804. The molecule has 1 aromatic heterocycles. The van der Waals surface area contributed by atoms with Crippen LogP contribution in [0.3, 0.4) is 0 Å². The fraction of sp³-hybridized carbons (Fsp3) is 0.375. The molecule has 0 spiro atoms. The fourth-order valence-electron chi connectivity index (χ4n) is 1.80. The van der Waals surface area contributed by atoms with Crippen LogP contribution in [0.1, 0.15) is 18.7 Å². The molecule has 1 amide bonds. The number of carbonyl (C=O) groups excluding carboxylic acids is 2. The van der Waals surface area contributed by atoms with Gasteiger partial charge in [0.05, 0.1) is 17.9 Å². The van der Waals surface area contributed by atoms with E-state index < -0.39 is 0 Å². The number of halogens is 1. The van der Waals surface area contributed by atoms with Gasteiger partial charge in [-0.2, -0.15) is 0 Å². The van der Waals surface area contributed by atoms with Crippen molar-refractivity contribution in [3.05, 3.63) is 35.2 Å². The second-order valence-corrected chi connectivity index (χ2v) is 6.33. The Labute approximate surface area is 159 Å². The molecule has 2 rings (SSSR count). The van der Waals surface area contributed by atoms with Gasteiger partial charge in [-0.3, -0.25) is 9.59 Å². The van der Waals surface area contributed by atoms with E-state index in [1.165, 1.54) is 7.11 Å². The van der Waals surface area contributed by atoms with Crippen LogP contribution in [0.2, 0.25) is 5.02 Å². The van der Waals surface area contributed by atoms with Gasteiger partial charge in [0.25, 0.3) is 11.1 Å². The van der Waals surface area contributed by atoms with Crippen LogP contribution < -0.4 is 10.1 Å². The van der Waals surface area contributed by atoms with Crippen molar-refractivity contribution in [1.29, 1.82) is 0 Å². The summed E-state index contributed by atoms with van der Waals surface area (Å²) in [6, 6.07) is 7.06. The molecule has 26 heavy (non-hydrogen) atoms. The van der Waals surface area contributed by atoms with Crippen molar-refractivity contribution in [2.75, 3.05) is 19.4 Å². The predicted octanol–water partition coefficient (Wildman–Crippen LogP) is 2.46. The highest BCUT2D eigenvalue weighted by molar-refractivity contribution is 7.99. The van der Waals surface area contributed by atoms with Crippen molar-refractivity contribution in [3.63, 3.8) is 0 Å². The van der Waals surface area contributed by atoms with Crippen LogP contribution in [0.4, 0.5) is 0 Å². The molecule has 0 radical (unpaired) electrons. The van der Waals surface area contributed by atoms with Gasteiger partial charge >= 0.3 is 5.97 Å². The minimum atomic E-state index is -0.300. The number of ether oxygens (including phenoxy) is 2. The zero-order chi connectivity index (χ0) is 18.8. The van der Waals surface area contributed by atoms with Gasteiger partial charge in [-0.25, -0.2) is 0 Å². The number of nitrogens with one attached hydrogen (secondary N) is 1. The lowest BCUT2D eigenvalue weighted by Crippen LogP contribution is -2.26. The molecule has 0 aliphatic heterocycles. The van der Waals surface area contributed by atoms with Crippen LogP contribution >= 0.6 is 23.4 Å². The first-order valence-corrected chi connectivity index (χ1v) is 9.11. The maximum atomic E-state index is 11.7. The van der Waals surface area contributed by atoms with Crippen LogP contribution in [0.15, 0.2) is 33.9 Å². The summed E-state index contributed by atoms with van der Waals surface area (Å²) >= 11 is 7.11. The molecule has 0 aliphatic carbocycles. The molecule has 0 saturated carbocycles. The lowest BCUT2D eigenvalue weighted by Gasteiger charge is -2.04. The molecular weight excluding hydrogens is 382 g/mol. The highest BCUT2D eigenvalue weighted by Crippen LogP contribution is 2.24. The predicted molar refractivity (Wildman–Crippen MR) is 95.1 cm³/mol. The molecule has 1 heterocycles. The zero-order valence-electron chi connectivity index (χ0n) is 14.1. The van der Waals surface area contributed by atoms with Crippen molar-refractivity contribution in [2.45, 2.75) is 24.7 Å². The van der Waals surface area contributed by atoms with E-state index in [0.717, 1.165) is 11.8 Å². The third kappa shape index (κ3) is 6.93. The van der Waals surface area contributed by atoms with Gasteiger partial charge in [0.2, 0.25) is 5.91 Å². The molecule has 0 aliphatic rings. The summed E-state index contributed by atoms with van der Waals surface area (Å²) in [7, 11) is 1.33. The van der Waals surface area contributed by atoms with E-state index in [9.17, 15) is 9.59 Å². The molecule has 8 nitrogen and oxygen atoms in total. The third-order valence-electron chi connectivity index (χ3n) is 3.07. The molecule has 1 N–H and O–H groups in total. The molecule has 140 valence electrons. The normalized spacial score (nSPS) is 10.4. The first-order valence-electron chi connectivity index (χ1n) is 7.74. The van der Waals surface area contributed by atoms with Crippen LogP contribution in [0.25, 0.3) is 0 Å². The smallest absolute Gasteiger partial charge is 0.305 e. The third-order valence-corrected chi connectivity index (χ3v) is 4.20. The minimum Gasteiger partial charge on any atom is -0.482 e. The largest absolute Gasteiger partial charge is 0.482 e. The molecule has 0 unspecified atom stereocenters. The Bertz CT molecular complexity index is 740. The van der Waals surface area contributed by atoms with E-state index >= 15 is 0 Å². The number of benzene rings is 1. The van der Waals surface area contributed by atoms with E-state index in [0.29, 0.717) is 23.7 Å². The van der Waals surface area contributed by atoms with E-state index in [4.69, 9.17) is 20.8 Å². The van der Waals surface area contributed by atoms with Crippen LogP contribution in [0, 0.1) is 0 Å². The Balaban J connectivity index is 1.67. The first-order chi connectivity index (χ1) is 12.6. The fourth-order valence-corrected chi connectivity index (χ4v) is 2.60. The second-order valence-electron chi connectivity index (χ2n) is 5.00. The lowest BCUT2D eigenvalue weighted by atomic mass is 10.3. The monoisotopic (exact) mass is 399 g/mol. The molecule has 0 atom stereocenters. The lowest BCUT2D eigenvalue weighted by molar-refractivity contribution is -0.140. The maximum Gasteiger partial charge on any atom is 0.305 e. The number of esters is 1. The summed E-state index contributed by atoms with van der Waals surface area (Å²) in [5, 5.41) is 11.2. The topological polar surface area (TPSA) is 104 Å². The van der Waals surface area contributed by atoms with Crippen LogP contribution in [0.5, 0.6) is 5.75 Å². The van der Waals surface area contributed by atoms with Gasteiger partial charge < -0.3 is 19.2 Å². The van der Waals surface area contributed by atoms with Crippen LogP contribution in [-0.2, 0) is 20.9 Å². The first kappa shape index (κ1) is 20.1. The van der Waals surface area contributed by atoms with Crippen molar-refractivity contribution >= 4 is 35.2 Å². The summed E-state index contributed by atoms with van der Waals surface area (Å²) < 4.78 is 15.4. The van der Waals surface area contributed by atoms with Crippen molar-refractivity contribution in [3.8, 4) is 5.75 Å². The number of amides is 1. The number of nitrogens with zero attached hydrogens (tertiary/aromatic N) is 2. The SMILES string of the molecule is COC(=O)CCCNC(=O)CSc1nnc(COc2ccccc2Cl)o1. The number of para-hydroxylation sites is 1. The van der Waals surface area contributed by atoms with Crippen molar-refractivity contribution in [2.24, 2.45) is 0 Å². The Morgan fingerprint density at radius 2 is 2.12 bits per heavy atom. The maximum absolute atomic E-state index is 11.7. The van der Waals surface area contributed by atoms with Gasteiger partial charge in [-0.1, -0.05) is 35.5 Å². The van der Waals surface area contributed by atoms with Gasteiger partial charge in [-0.05, 0) is 18.6 Å². The highest BCUT2D eigenvalue weighted by Gasteiger charge is 2.11. The molecule has 2 aromatic rings. The number of carbonyl (C=O) groups is 2. The number of thioether (sulfide) groups is 1. The van der Waals surface area contributed by atoms with Crippen molar-refractivity contribution < 1.29 is 23.5 Å². The molecular formula is C16H18ClN3O5S. The number of hydrogen-bond acceptors (Lipinski definition) is 8. The van der Waals surface area contributed by atoms with Gasteiger partial charge in [0.1, 0.15) is 5.75 Å². The molecule has 0 fully saturated rings. The van der Waals surface area contributed by atoms with Crippen molar-refractivity contribution in [1.82, 2.24) is 15.5 Å². The Morgan fingerprint density at radius 3 is 2.88 bits per heavy atom. The average molecular weight is 400 g/mol. The van der Waals surface area contributed by atoms with E-state index in [1.54, 1.807) is 24.3 Å². The van der Waals surface area contributed by atoms with Crippen LogP contribution in [-0.4, -0.2) is 41.5 Å². The average Bonchev–Trinajstić information content (AvgIpc) is 3.10. The van der Waals surface area contributed by atoms with E-state index in [-0.39, 0.29) is 41.8 Å². The van der Waals surface area contributed by atoms with Gasteiger partial charge in [0.15, 0.2) is 6.61 Å². The zero-order valence-corrected chi connectivity index (χ0v) is 15.6. The molecule has 0 bridgehead atoms.